The van der Waals surface area contributed by atoms with Crippen LogP contribution in [0.4, 0.5) is 11.6 Å². The SMILES string of the molecule is Cc1nc(N)cc([C@@H]2CN(c3cnccn3)CCO2)n1. The van der Waals surface area contributed by atoms with Gasteiger partial charge in [0.2, 0.25) is 0 Å². The Balaban J connectivity index is 1.81. The molecule has 2 aromatic heterocycles. The lowest BCUT2D eigenvalue weighted by Crippen LogP contribution is -2.39. The summed E-state index contributed by atoms with van der Waals surface area (Å²) >= 11 is 0. The molecule has 0 aliphatic carbocycles. The number of anilines is 2. The van der Waals surface area contributed by atoms with Gasteiger partial charge in [-0.15, -0.1) is 0 Å². The van der Waals surface area contributed by atoms with Crippen molar-refractivity contribution >= 4 is 11.6 Å². The molecule has 7 heteroatoms. The lowest BCUT2D eigenvalue weighted by molar-refractivity contribution is 0.0366. The summed E-state index contributed by atoms with van der Waals surface area (Å²) in [5.41, 5.74) is 6.58. The van der Waals surface area contributed by atoms with E-state index in [9.17, 15) is 0 Å². The van der Waals surface area contributed by atoms with Gasteiger partial charge in [-0.3, -0.25) is 4.98 Å². The Kier molecular flexibility index (Phi) is 3.42. The molecule has 7 nitrogen and oxygen atoms in total. The van der Waals surface area contributed by atoms with E-state index in [4.69, 9.17) is 10.5 Å². The molecule has 1 atom stereocenters. The molecule has 3 heterocycles. The molecule has 1 aliphatic heterocycles. The lowest BCUT2D eigenvalue weighted by Gasteiger charge is -2.33. The first-order valence-corrected chi connectivity index (χ1v) is 6.46. The Morgan fingerprint density at radius 1 is 1.35 bits per heavy atom. The van der Waals surface area contributed by atoms with Crippen LogP contribution in [0.3, 0.4) is 0 Å². The number of ether oxygens (including phenoxy) is 1. The van der Waals surface area contributed by atoms with Gasteiger partial charge in [0.05, 0.1) is 25.0 Å². The number of morpholine rings is 1. The van der Waals surface area contributed by atoms with Gasteiger partial charge in [-0.05, 0) is 6.92 Å². The van der Waals surface area contributed by atoms with Crippen LogP contribution in [0.5, 0.6) is 0 Å². The van der Waals surface area contributed by atoms with Gasteiger partial charge in [0.25, 0.3) is 0 Å². The van der Waals surface area contributed by atoms with E-state index in [-0.39, 0.29) is 6.10 Å². The zero-order chi connectivity index (χ0) is 13.9. The minimum absolute atomic E-state index is 0.130. The Morgan fingerprint density at radius 3 is 3.00 bits per heavy atom. The summed E-state index contributed by atoms with van der Waals surface area (Å²) in [7, 11) is 0. The van der Waals surface area contributed by atoms with Crippen LogP contribution >= 0.6 is 0 Å². The maximum absolute atomic E-state index is 5.79. The predicted octanol–water partition coefficient (Wildman–Crippen LogP) is 0.735. The fraction of sp³-hybridized carbons (Fsp3) is 0.385. The summed E-state index contributed by atoms with van der Waals surface area (Å²) in [6.45, 7) is 3.90. The monoisotopic (exact) mass is 272 g/mol. The van der Waals surface area contributed by atoms with E-state index in [1.807, 2.05) is 6.92 Å². The van der Waals surface area contributed by atoms with Crippen molar-refractivity contribution < 1.29 is 4.74 Å². The summed E-state index contributed by atoms with van der Waals surface area (Å²) in [5, 5.41) is 0. The van der Waals surface area contributed by atoms with Crippen molar-refractivity contribution in [2.24, 2.45) is 0 Å². The standard InChI is InChI=1S/C13H16N6O/c1-9-17-10(6-12(14)18-9)11-8-19(4-5-20-11)13-7-15-2-3-16-13/h2-3,6-7,11H,4-5,8H2,1H3,(H2,14,17,18)/t11-/m0/s1. The van der Waals surface area contributed by atoms with Crippen molar-refractivity contribution in [2.75, 3.05) is 30.3 Å². The van der Waals surface area contributed by atoms with Crippen molar-refractivity contribution in [1.82, 2.24) is 19.9 Å². The van der Waals surface area contributed by atoms with Gasteiger partial charge < -0.3 is 15.4 Å². The Morgan fingerprint density at radius 2 is 2.25 bits per heavy atom. The highest BCUT2D eigenvalue weighted by Gasteiger charge is 2.24. The summed E-state index contributed by atoms with van der Waals surface area (Å²) in [5.74, 6) is 1.97. The number of hydrogen-bond donors (Lipinski definition) is 1. The van der Waals surface area contributed by atoms with Crippen molar-refractivity contribution in [3.63, 3.8) is 0 Å². The fourth-order valence-corrected chi connectivity index (χ4v) is 2.27. The highest BCUT2D eigenvalue weighted by molar-refractivity contribution is 5.37. The first-order valence-electron chi connectivity index (χ1n) is 6.46. The molecule has 1 saturated heterocycles. The van der Waals surface area contributed by atoms with Crippen LogP contribution in [0.1, 0.15) is 17.6 Å². The minimum atomic E-state index is -0.130. The van der Waals surface area contributed by atoms with Gasteiger partial charge in [-0.25, -0.2) is 15.0 Å². The van der Waals surface area contributed by atoms with E-state index in [0.717, 1.165) is 18.1 Å². The van der Waals surface area contributed by atoms with Crippen molar-refractivity contribution in [3.05, 3.63) is 36.2 Å². The van der Waals surface area contributed by atoms with E-state index in [2.05, 4.69) is 24.8 Å². The van der Waals surface area contributed by atoms with Crippen molar-refractivity contribution in [1.29, 1.82) is 0 Å². The molecule has 0 saturated carbocycles. The van der Waals surface area contributed by atoms with Crippen molar-refractivity contribution in [3.8, 4) is 0 Å². The van der Waals surface area contributed by atoms with Crippen LogP contribution in [0.2, 0.25) is 0 Å². The molecule has 1 aliphatic rings. The Bertz CT molecular complexity index is 570. The van der Waals surface area contributed by atoms with E-state index >= 15 is 0 Å². The van der Waals surface area contributed by atoms with Crippen LogP contribution in [0.15, 0.2) is 24.7 Å². The Hall–Kier alpha value is -2.28. The van der Waals surface area contributed by atoms with Gasteiger partial charge in [-0.1, -0.05) is 0 Å². The van der Waals surface area contributed by atoms with Crippen LogP contribution in [-0.2, 0) is 4.74 Å². The minimum Gasteiger partial charge on any atom is -0.384 e. The van der Waals surface area contributed by atoms with E-state index in [0.29, 0.717) is 24.8 Å². The molecule has 0 aromatic carbocycles. The number of nitrogens with zero attached hydrogens (tertiary/aromatic N) is 5. The van der Waals surface area contributed by atoms with Crippen LogP contribution in [-0.4, -0.2) is 39.6 Å². The van der Waals surface area contributed by atoms with Gasteiger partial charge in [0.15, 0.2) is 0 Å². The molecule has 1 fully saturated rings. The lowest BCUT2D eigenvalue weighted by atomic mass is 10.2. The molecule has 0 spiro atoms. The summed E-state index contributed by atoms with van der Waals surface area (Å²) in [4.78, 5) is 19.0. The Labute approximate surface area is 116 Å². The maximum Gasteiger partial charge on any atom is 0.147 e. The second-order valence-corrected chi connectivity index (χ2v) is 4.63. The van der Waals surface area contributed by atoms with E-state index in [1.54, 1.807) is 24.7 Å². The third-order valence-corrected chi connectivity index (χ3v) is 3.15. The number of aryl methyl sites for hydroxylation is 1. The highest BCUT2D eigenvalue weighted by atomic mass is 16.5. The van der Waals surface area contributed by atoms with Crippen LogP contribution in [0, 0.1) is 6.92 Å². The second kappa shape index (κ2) is 5.38. The molecule has 3 rings (SSSR count). The summed E-state index contributed by atoms with van der Waals surface area (Å²) < 4.78 is 5.79. The molecule has 2 N–H and O–H groups in total. The zero-order valence-corrected chi connectivity index (χ0v) is 11.2. The van der Waals surface area contributed by atoms with Gasteiger partial charge in [0, 0.05) is 25.0 Å². The third-order valence-electron chi connectivity index (χ3n) is 3.15. The molecular formula is C13H16N6O. The highest BCUT2D eigenvalue weighted by Crippen LogP contribution is 2.24. The average Bonchev–Trinajstić information content (AvgIpc) is 2.47. The van der Waals surface area contributed by atoms with Crippen LogP contribution < -0.4 is 10.6 Å². The molecule has 0 bridgehead atoms. The number of aromatic nitrogens is 4. The van der Waals surface area contributed by atoms with Crippen LogP contribution in [0.25, 0.3) is 0 Å². The molecule has 104 valence electrons. The van der Waals surface area contributed by atoms with Crippen molar-refractivity contribution in [2.45, 2.75) is 13.0 Å². The fourth-order valence-electron chi connectivity index (χ4n) is 2.27. The average molecular weight is 272 g/mol. The largest absolute Gasteiger partial charge is 0.384 e. The zero-order valence-electron chi connectivity index (χ0n) is 11.2. The maximum atomic E-state index is 5.79. The molecule has 2 aromatic rings. The topological polar surface area (TPSA) is 90.1 Å². The normalized spacial score (nSPS) is 19.1. The first-order chi connectivity index (χ1) is 9.72. The molecule has 0 unspecified atom stereocenters. The molecule has 0 radical (unpaired) electrons. The molecule has 20 heavy (non-hydrogen) atoms. The molecular weight excluding hydrogens is 256 g/mol. The number of rotatable bonds is 2. The van der Waals surface area contributed by atoms with Gasteiger partial charge in [0.1, 0.15) is 23.6 Å². The number of nitrogen functional groups attached to an aromatic ring is 1. The summed E-state index contributed by atoms with van der Waals surface area (Å²) in [6.07, 6.45) is 4.97. The third kappa shape index (κ3) is 2.67. The molecule has 0 amide bonds. The van der Waals surface area contributed by atoms with E-state index < -0.39 is 0 Å². The quantitative estimate of drug-likeness (QED) is 0.862. The number of hydrogen-bond acceptors (Lipinski definition) is 7. The summed E-state index contributed by atoms with van der Waals surface area (Å²) in [6, 6.07) is 1.76. The smallest absolute Gasteiger partial charge is 0.147 e. The second-order valence-electron chi connectivity index (χ2n) is 4.63. The predicted molar refractivity (Wildman–Crippen MR) is 74.1 cm³/mol. The first kappa shape index (κ1) is 12.7. The van der Waals surface area contributed by atoms with Gasteiger partial charge >= 0.3 is 0 Å². The van der Waals surface area contributed by atoms with E-state index in [1.165, 1.54) is 0 Å². The van der Waals surface area contributed by atoms with Gasteiger partial charge in [-0.2, -0.15) is 0 Å². The number of nitrogens with two attached hydrogens (primary N) is 1.